The van der Waals surface area contributed by atoms with Crippen LogP contribution >= 0.6 is 11.8 Å². The van der Waals surface area contributed by atoms with Crippen molar-refractivity contribution in [3.8, 4) is 0 Å². The second kappa shape index (κ2) is 12.7. The standard InChI is InChI=1S/C27H34N2O4S/c1-4-21(5-2)33-25-16-20(27(31)32)15-24(26(25)29-18(3)30)28-17-19-11-13-23(14-12-19)34-22-9-7-6-8-10-22/h6-14,16,21,24-26,28H,4-5,15,17H2,1-3H3,(H,29,30)(H,31,32)/t24-,25+,26+/m0/s1. The average molecular weight is 483 g/mol. The first kappa shape index (κ1) is 26.0. The van der Waals surface area contributed by atoms with E-state index in [1.165, 1.54) is 11.8 Å². The van der Waals surface area contributed by atoms with Gasteiger partial charge < -0.3 is 20.5 Å². The Kier molecular flexibility index (Phi) is 9.74. The van der Waals surface area contributed by atoms with Crippen molar-refractivity contribution in [2.24, 2.45) is 0 Å². The van der Waals surface area contributed by atoms with Crippen molar-refractivity contribution < 1.29 is 19.4 Å². The lowest BCUT2D eigenvalue weighted by molar-refractivity contribution is -0.133. The van der Waals surface area contributed by atoms with Gasteiger partial charge >= 0.3 is 5.97 Å². The van der Waals surface area contributed by atoms with Gasteiger partial charge in [0.25, 0.3) is 0 Å². The van der Waals surface area contributed by atoms with Gasteiger partial charge in [0.2, 0.25) is 5.91 Å². The van der Waals surface area contributed by atoms with E-state index in [2.05, 4.69) is 47.0 Å². The third kappa shape index (κ3) is 7.45. The fraction of sp³-hybridized carbons (Fsp3) is 0.407. The van der Waals surface area contributed by atoms with Crippen LogP contribution in [-0.4, -0.2) is 41.3 Å². The van der Waals surface area contributed by atoms with Gasteiger partial charge in [0.05, 0.1) is 18.2 Å². The van der Waals surface area contributed by atoms with E-state index >= 15 is 0 Å². The highest BCUT2D eigenvalue weighted by Gasteiger charge is 2.37. The van der Waals surface area contributed by atoms with Crippen LogP contribution in [0.5, 0.6) is 0 Å². The molecule has 0 fully saturated rings. The lowest BCUT2D eigenvalue weighted by atomic mass is 9.87. The molecular weight excluding hydrogens is 448 g/mol. The van der Waals surface area contributed by atoms with Crippen LogP contribution in [-0.2, 0) is 20.9 Å². The van der Waals surface area contributed by atoms with Crippen LogP contribution in [0.1, 0.15) is 45.6 Å². The minimum atomic E-state index is -0.950. The number of rotatable bonds is 11. The van der Waals surface area contributed by atoms with Crippen LogP contribution in [0.15, 0.2) is 76.0 Å². The van der Waals surface area contributed by atoms with E-state index < -0.39 is 12.1 Å². The van der Waals surface area contributed by atoms with Crippen molar-refractivity contribution in [1.29, 1.82) is 0 Å². The smallest absolute Gasteiger partial charge is 0.331 e. The summed E-state index contributed by atoms with van der Waals surface area (Å²) in [6.07, 6.45) is 3.11. The summed E-state index contributed by atoms with van der Waals surface area (Å²) in [4.78, 5) is 26.1. The van der Waals surface area contributed by atoms with E-state index in [0.29, 0.717) is 18.5 Å². The molecule has 0 heterocycles. The number of hydrogen-bond donors (Lipinski definition) is 3. The average Bonchev–Trinajstić information content (AvgIpc) is 2.83. The summed E-state index contributed by atoms with van der Waals surface area (Å²) in [6.45, 7) is 6.12. The van der Waals surface area contributed by atoms with Crippen molar-refractivity contribution in [3.63, 3.8) is 0 Å². The molecule has 0 aromatic heterocycles. The molecule has 7 heteroatoms. The predicted molar refractivity (Wildman–Crippen MR) is 135 cm³/mol. The Labute approximate surface area is 206 Å². The lowest BCUT2D eigenvalue weighted by Crippen LogP contribution is -2.58. The fourth-order valence-electron chi connectivity index (χ4n) is 4.11. The van der Waals surface area contributed by atoms with Crippen molar-refractivity contribution in [2.45, 2.75) is 80.7 Å². The molecule has 2 aromatic rings. The van der Waals surface area contributed by atoms with Crippen LogP contribution in [0.3, 0.4) is 0 Å². The van der Waals surface area contributed by atoms with Gasteiger partial charge in [-0.3, -0.25) is 4.79 Å². The highest BCUT2D eigenvalue weighted by atomic mass is 32.2. The van der Waals surface area contributed by atoms with E-state index in [-0.39, 0.29) is 24.1 Å². The lowest BCUT2D eigenvalue weighted by Gasteiger charge is -2.38. The maximum Gasteiger partial charge on any atom is 0.331 e. The molecule has 3 rings (SSSR count). The molecule has 6 nitrogen and oxygen atoms in total. The molecule has 0 unspecified atom stereocenters. The zero-order chi connectivity index (χ0) is 24.5. The van der Waals surface area contributed by atoms with Crippen molar-refractivity contribution in [1.82, 2.24) is 10.6 Å². The van der Waals surface area contributed by atoms with E-state index in [4.69, 9.17) is 4.74 Å². The summed E-state index contributed by atoms with van der Waals surface area (Å²) in [7, 11) is 0. The summed E-state index contributed by atoms with van der Waals surface area (Å²) in [5, 5.41) is 16.2. The number of benzene rings is 2. The number of carbonyl (C=O) groups excluding carboxylic acids is 1. The molecule has 0 radical (unpaired) electrons. The Morgan fingerprint density at radius 3 is 2.29 bits per heavy atom. The molecule has 0 bridgehead atoms. The van der Waals surface area contributed by atoms with Crippen LogP contribution in [0, 0.1) is 0 Å². The van der Waals surface area contributed by atoms with Gasteiger partial charge in [0, 0.05) is 34.9 Å². The van der Waals surface area contributed by atoms with Gasteiger partial charge in [-0.05, 0) is 55.2 Å². The van der Waals surface area contributed by atoms with E-state index in [1.807, 2.05) is 32.0 Å². The third-order valence-electron chi connectivity index (χ3n) is 5.97. The zero-order valence-corrected chi connectivity index (χ0v) is 20.8. The minimum Gasteiger partial charge on any atom is -0.478 e. The van der Waals surface area contributed by atoms with Gasteiger partial charge in [-0.25, -0.2) is 4.79 Å². The summed E-state index contributed by atoms with van der Waals surface area (Å²) >= 11 is 1.71. The Hall–Kier alpha value is -2.61. The summed E-state index contributed by atoms with van der Waals surface area (Å²) < 4.78 is 6.24. The van der Waals surface area contributed by atoms with Gasteiger partial charge in [-0.15, -0.1) is 0 Å². The molecule has 0 saturated carbocycles. The Morgan fingerprint density at radius 1 is 1.06 bits per heavy atom. The molecule has 1 aliphatic rings. The topological polar surface area (TPSA) is 87.7 Å². The first-order chi connectivity index (χ1) is 16.4. The van der Waals surface area contributed by atoms with Crippen LogP contribution in [0.2, 0.25) is 0 Å². The largest absolute Gasteiger partial charge is 0.478 e. The van der Waals surface area contributed by atoms with Crippen LogP contribution < -0.4 is 10.6 Å². The molecule has 3 atom stereocenters. The molecule has 0 aliphatic heterocycles. The maximum atomic E-state index is 12.0. The van der Waals surface area contributed by atoms with E-state index in [9.17, 15) is 14.7 Å². The van der Waals surface area contributed by atoms with Gasteiger partial charge in [0.1, 0.15) is 0 Å². The normalized spacial score (nSPS) is 20.1. The summed E-state index contributed by atoms with van der Waals surface area (Å²) in [5.74, 6) is -1.11. The van der Waals surface area contributed by atoms with Crippen LogP contribution in [0.25, 0.3) is 0 Å². The Balaban J connectivity index is 1.71. The van der Waals surface area contributed by atoms with Gasteiger partial charge in [-0.2, -0.15) is 0 Å². The highest BCUT2D eigenvalue weighted by Crippen LogP contribution is 2.28. The molecule has 3 N–H and O–H groups in total. The fourth-order valence-corrected chi connectivity index (χ4v) is 4.95. The quantitative estimate of drug-likeness (QED) is 0.427. The summed E-state index contributed by atoms with van der Waals surface area (Å²) in [6, 6.07) is 17.9. The van der Waals surface area contributed by atoms with Crippen molar-refractivity contribution in [2.75, 3.05) is 0 Å². The highest BCUT2D eigenvalue weighted by molar-refractivity contribution is 7.99. The maximum absolute atomic E-state index is 12.0. The van der Waals surface area contributed by atoms with E-state index in [0.717, 1.165) is 23.3 Å². The number of carboxylic acids is 1. The molecule has 0 spiro atoms. The molecule has 34 heavy (non-hydrogen) atoms. The summed E-state index contributed by atoms with van der Waals surface area (Å²) in [5.41, 5.74) is 1.40. The number of carboxylic acid groups (broad SMARTS) is 1. The first-order valence-electron chi connectivity index (χ1n) is 11.8. The third-order valence-corrected chi connectivity index (χ3v) is 6.98. The molecule has 1 amide bonds. The molecule has 2 aromatic carbocycles. The van der Waals surface area contributed by atoms with Gasteiger partial charge in [0.15, 0.2) is 0 Å². The number of nitrogens with one attached hydrogen (secondary N) is 2. The number of hydrogen-bond acceptors (Lipinski definition) is 5. The van der Waals surface area contributed by atoms with Crippen molar-refractivity contribution >= 4 is 23.6 Å². The monoisotopic (exact) mass is 482 g/mol. The molecule has 0 saturated heterocycles. The second-order valence-corrected chi connectivity index (χ2v) is 9.66. The second-order valence-electron chi connectivity index (χ2n) is 8.51. The van der Waals surface area contributed by atoms with Gasteiger partial charge in [-0.1, -0.05) is 55.9 Å². The Morgan fingerprint density at radius 2 is 1.71 bits per heavy atom. The van der Waals surface area contributed by atoms with Crippen molar-refractivity contribution in [3.05, 3.63) is 71.8 Å². The first-order valence-corrected chi connectivity index (χ1v) is 12.6. The van der Waals surface area contributed by atoms with E-state index in [1.54, 1.807) is 17.8 Å². The SMILES string of the molecule is CCC(CC)O[C@@H]1C=C(C(=O)O)C[C@H](NCc2ccc(Sc3ccccc3)cc2)[C@H]1NC(C)=O. The molecular formula is C27H34N2O4S. The Bertz CT molecular complexity index is 974. The predicted octanol–water partition coefficient (Wildman–Crippen LogP) is 4.79. The molecule has 182 valence electrons. The molecule has 1 aliphatic carbocycles. The zero-order valence-electron chi connectivity index (χ0n) is 20.0. The number of amides is 1. The van der Waals surface area contributed by atoms with Crippen LogP contribution in [0.4, 0.5) is 0 Å². The minimum absolute atomic E-state index is 0.000891. The number of ether oxygens (including phenoxy) is 1. The number of carbonyl (C=O) groups is 2. The number of aliphatic carboxylic acids is 1.